The predicted molar refractivity (Wildman–Crippen MR) is 106 cm³/mol. The summed E-state index contributed by atoms with van der Waals surface area (Å²) in [5.74, 6) is 0.280. The molecule has 1 N–H and O–H groups in total. The molecular formula is C21H20N4O2. The molecule has 1 heterocycles. The van der Waals surface area contributed by atoms with Crippen molar-refractivity contribution in [3.05, 3.63) is 78.2 Å². The van der Waals surface area contributed by atoms with Crippen LogP contribution in [0.3, 0.4) is 0 Å². The van der Waals surface area contributed by atoms with Crippen molar-refractivity contribution >= 4 is 28.9 Å². The maximum Gasteiger partial charge on any atom is 0.278 e. The summed E-state index contributed by atoms with van der Waals surface area (Å²) < 4.78 is 0. The summed E-state index contributed by atoms with van der Waals surface area (Å²) in [6.07, 6.45) is 2.96. The van der Waals surface area contributed by atoms with Crippen molar-refractivity contribution in [2.75, 3.05) is 16.8 Å². The highest BCUT2D eigenvalue weighted by atomic mass is 16.2. The number of anilines is 3. The number of carbonyl (C=O) groups excluding carboxylic acids is 2. The zero-order valence-corrected chi connectivity index (χ0v) is 15.2. The largest absolute Gasteiger partial charge is 0.339 e. The minimum Gasteiger partial charge on any atom is -0.339 e. The van der Waals surface area contributed by atoms with Crippen molar-refractivity contribution in [1.29, 1.82) is 0 Å². The van der Waals surface area contributed by atoms with Crippen LogP contribution in [0.25, 0.3) is 0 Å². The molecule has 0 radical (unpaired) electrons. The first-order chi connectivity index (χ1) is 13.1. The van der Waals surface area contributed by atoms with E-state index in [9.17, 15) is 9.59 Å². The van der Waals surface area contributed by atoms with E-state index in [2.05, 4.69) is 15.3 Å². The first-order valence-corrected chi connectivity index (χ1v) is 8.65. The van der Waals surface area contributed by atoms with E-state index in [0.717, 1.165) is 11.4 Å². The van der Waals surface area contributed by atoms with E-state index in [1.807, 2.05) is 43.3 Å². The van der Waals surface area contributed by atoms with Gasteiger partial charge in [0, 0.05) is 23.5 Å². The van der Waals surface area contributed by atoms with Crippen LogP contribution >= 0.6 is 0 Å². The van der Waals surface area contributed by atoms with Crippen molar-refractivity contribution in [1.82, 2.24) is 9.97 Å². The zero-order chi connectivity index (χ0) is 19.2. The fourth-order valence-electron chi connectivity index (χ4n) is 2.66. The van der Waals surface area contributed by atoms with Gasteiger partial charge in [0.2, 0.25) is 0 Å². The quantitative estimate of drug-likeness (QED) is 0.670. The van der Waals surface area contributed by atoms with E-state index in [1.54, 1.807) is 23.1 Å². The number of amides is 1. The molecule has 0 aliphatic rings. The number of nitrogens with one attached hydrogen (secondary N) is 1. The Labute approximate surface area is 157 Å². The van der Waals surface area contributed by atoms with Crippen LogP contribution in [0.5, 0.6) is 0 Å². The lowest BCUT2D eigenvalue weighted by molar-refractivity contribution is 0.0981. The molecule has 3 aromatic rings. The Morgan fingerprint density at radius 1 is 1.00 bits per heavy atom. The summed E-state index contributed by atoms with van der Waals surface area (Å²) >= 11 is 0. The topological polar surface area (TPSA) is 75.2 Å². The monoisotopic (exact) mass is 360 g/mol. The summed E-state index contributed by atoms with van der Waals surface area (Å²) in [5.41, 5.74) is 2.43. The van der Waals surface area contributed by atoms with E-state index >= 15 is 0 Å². The number of Topliss-reactive ketones (excluding diaryl/α,β-unsaturated/α-hetero) is 1. The standard InChI is InChI=1S/C21H20N4O2/c1-3-25(18-10-5-4-6-11-18)21(27)19-13-23-20(14-22-19)24-17-9-7-8-16(12-17)15(2)26/h4-14H,3H2,1-2H3,(H,23,24). The zero-order valence-electron chi connectivity index (χ0n) is 15.2. The molecule has 136 valence electrons. The van der Waals surface area contributed by atoms with Crippen LogP contribution in [0.2, 0.25) is 0 Å². The Morgan fingerprint density at radius 3 is 2.41 bits per heavy atom. The number of nitrogens with zero attached hydrogens (tertiary/aromatic N) is 3. The minimum atomic E-state index is -0.207. The van der Waals surface area contributed by atoms with E-state index in [4.69, 9.17) is 0 Å². The van der Waals surface area contributed by atoms with Crippen molar-refractivity contribution in [2.45, 2.75) is 13.8 Å². The number of benzene rings is 2. The van der Waals surface area contributed by atoms with Gasteiger partial charge in [0.15, 0.2) is 5.78 Å². The number of carbonyl (C=O) groups is 2. The summed E-state index contributed by atoms with van der Waals surface area (Å²) in [6.45, 7) is 3.96. The van der Waals surface area contributed by atoms with Crippen LogP contribution in [-0.4, -0.2) is 28.2 Å². The SMILES string of the molecule is CCN(C(=O)c1cnc(Nc2cccc(C(C)=O)c2)cn1)c1ccccc1. The summed E-state index contributed by atoms with van der Waals surface area (Å²) in [7, 11) is 0. The third-order valence-electron chi connectivity index (χ3n) is 4.04. The van der Waals surface area contributed by atoms with Gasteiger partial charge in [-0.3, -0.25) is 9.59 Å². The molecule has 0 saturated heterocycles. The van der Waals surface area contributed by atoms with Gasteiger partial charge in [0.25, 0.3) is 5.91 Å². The molecule has 1 aromatic heterocycles. The first-order valence-electron chi connectivity index (χ1n) is 8.65. The van der Waals surface area contributed by atoms with Gasteiger partial charge < -0.3 is 10.2 Å². The highest BCUT2D eigenvalue weighted by Crippen LogP contribution is 2.18. The molecule has 6 heteroatoms. The predicted octanol–water partition coefficient (Wildman–Crippen LogP) is 4.09. The van der Waals surface area contributed by atoms with Crippen LogP contribution in [0.1, 0.15) is 34.7 Å². The van der Waals surface area contributed by atoms with Gasteiger partial charge in [0.1, 0.15) is 11.5 Å². The molecule has 27 heavy (non-hydrogen) atoms. The van der Waals surface area contributed by atoms with Crippen LogP contribution in [0.4, 0.5) is 17.2 Å². The lowest BCUT2D eigenvalue weighted by Crippen LogP contribution is -2.31. The molecule has 1 amide bonds. The summed E-state index contributed by atoms with van der Waals surface area (Å²) in [4.78, 5) is 34.4. The molecular weight excluding hydrogens is 340 g/mol. The lowest BCUT2D eigenvalue weighted by Gasteiger charge is -2.20. The van der Waals surface area contributed by atoms with E-state index in [-0.39, 0.29) is 17.4 Å². The average Bonchev–Trinajstić information content (AvgIpc) is 2.70. The van der Waals surface area contributed by atoms with Gasteiger partial charge in [-0.05, 0) is 38.1 Å². The van der Waals surface area contributed by atoms with Crippen LogP contribution in [0.15, 0.2) is 67.0 Å². The molecule has 0 fully saturated rings. The third-order valence-corrected chi connectivity index (χ3v) is 4.04. The van der Waals surface area contributed by atoms with Crippen LogP contribution < -0.4 is 10.2 Å². The highest BCUT2D eigenvalue weighted by molar-refractivity contribution is 6.04. The molecule has 0 spiro atoms. The third kappa shape index (κ3) is 4.36. The second-order valence-corrected chi connectivity index (χ2v) is 5.93. The normalized spacial score (nSPS) is 10.3. The highest BCUT2D eigenvalue weighted by Gasteiger charge is 2.17. The molecule has 0 bridgehead atoms. The maximum absolute atomic E-state index is 12.7. The summed E-state index contributed by atoms with van der Waals surface area (Å²) in [6, 6.07) is 16.6. The second-order valence-electron chi connectivity index (χ2n) is 5.93. The molecule has 0 aliphatic heterocycles. The van der Waals surface area contributed by atoms with Gasteiger partial charge in [-0.15, -0.1) is 0 Å². The molecule has 0 atom stereocenters. The molecule has 2 aromatic carbocycles. The van der Waals surface area contributed by atoms with E-state index in [1.165, 1.54) is 19.3 Å². The maximum atomic E-state index is 12.7. The van der Waals surface area contributed by atoms with Crippen molar-refractivity contribution in [2.24, 2.45) is 0 Å². The van der Waals surface area contributed by atoms with E-state index < -0.39 is 0 Å². The number of ketones is 1. The number of aromatic nitrogens is 2. The Kier molecular flexibility index (Phi) is 5.56. The Balaban J connectivity index is 1.76. The van der Waals surface area contributed by atoms with Gasteiger partial charge in [-0.1, -0.05) is 30.3 Å². The van der Waals surface area contributed by atoms with Crippen LogP contribution in [-0.2, 0) is 0 Å². The molecule has 0 saturated carbocycles. The molecule has 3 rings (SSSR count). The van der Waals surface area contributed by atoms with Crippen LogP contribution in [0, 0.1) is 0 Å². The van der Waals surface area contributed by atoms with Gasteiger partial charge >= 0.3 is 0 Å². The van der Waals surface area contributed by atoms with Crippen molar-refractivity contribution < 1.29 is 9.59 Å². The minimum absolute atomic E-state index is 0.00810. The van der Waals surface area contributed by atoms with Crippen molar-refractivity contribution in [3.63, 3.8) is 0 Å². The smallest absolute Gasteiger partial charge is 0.278 e. The lowest BCUT2D eigenvalue weighted by atomic mass is 10.1. The molecule has 0 aliphatic carbocycles. The molecule has 6 nitrogen and oxygen atoms in total. The fraction of sp³-hybridized carbons (Fsp3) is 0.143. The number of rotatable bonds is 6. The van der Waals surface area contributed by atoms with Crippen molar-refractivity contribution in [3.8, 4) is 0 Å². The molecule has 0 unspecified atom stereocenters. The number of para-hydroxylation sites is 1. The Morgan fingerprint density at radius 2 is 1.78 bits per heavy atom. The van der Waals surface area contributed by atoms with E-state index in [0.29, 0.717) is 17.9 Å². The fourth-order valence-corrected chi connectivity index (χ4v) is 2.66. The first kappa shape index (κ1) is 18.3. The number of hydrogen-bond donors (Lipinski definition) is 1. The number of hydrogen-bond acceptors (Lipinski definition) is 5. The Hall–Kier alpha value is -3.54. The average molecular weight is 360 g/mol. The summed E-state index contributed by atoms with van der Waals surface area (Å²) in [5, 5.41) is 3.09. The van der Waals surface area contributed by atoms with Gasteiger partial charge in [-0.25, -0.2) is 9.97 Å². The van der Waals surface area contributed by atoms with Gasteiger partial charge in [-0.2, -0.15) is 0 Å². The second kappa shape index (κ2) is 8.23. The Bertz CT molecular complexity index is 940. The van der Waals surface area contributed by atoms with Gasteiger partial charge in [0.05, 0.1) is 12.4 Å².